The van der Waals surface area contributed by atoms with E-state index in [4.69, 9.17) is 23.7 Å². The van der Waals surface area contributed by atoms with Gasteiger partial charge in [-0.25, -0.2) is 9.18 Å². The van der Waals surface area contributed by atoms with Crippen LogP contribution in [0.3, 0.4) is 0 Å². The summed E-state index contributed by atoms with van der Waals surface area (Å²) < 4.78 is 46.1. The van der Waals surface area contributed by atoms with Crippen molar-refractivity contribution in [2.75, 3.05) is 20.8 Å². The zero-order valence-corrected chi connectivity index (χ0v) is 37.4. The maximum absolute atomic E-state index is 16.2. The van der Waals surface area contributed by atoms with Gasteiger partial charge >= 0.3 is 5.97 Å². The molecular weight excluding hydrogens is 777 g/mol. The third-order valence-corrected chi connectivity index (χ3v) is 13.5. The van der Waals surface area contributed by atoms with Crippen LogP contribution in [-0.4, -0.2) is 125 Å². The Kier molecular flexibility index (Phi) is 18.1. The molecule has 3 heterocycles. The molecule has 2 bridgehead atoms. The van der Waals surface area contributed by atoms with Crippen molar-refractivity contribution in [2.45, 2.75) is 180 Å². The number of hydrogen-bond acceptors (Lipinski definition) is 12. The molecule has 340 valence electrons. The van der Waals surface area contributed by atoms with Crippen molar-refractivity contribution >= 4 is 23.4 Å². The van der Waals surface area contributed by atoms with Gasteiger partial charge in [-0.2, -0.15) is 0 Å². The van der Waals surface area contributed by atoms with Gasteiger partial charge in [0.25, 0.3) is 11.7 Å². The van der Waals surface area contributed by atoms with Crippen LogP contribution in [0, 0.1) is 29.6 Å². The minimum Gasteiger partial charge on any atom is -0.493 e. The number of methoxy groups -OCH3 is 2. The summed E-state index contributed by atoms with van der Waals surface area (Å²) in [6.45, 7) is 13.9. The third kappa shape index (κ3) is 11.5. The average Bonchev–Trinajstić information content (AvgIpc) is 3.23. The van der Waals surface area contributed by atoms with Crippen LogP contribution in [-0.2, 0) is 42.9 Å². The highest BCUT2D eigenvalue weighted by molar-refractivity contribution is 6.39. The number of ether oxygens (including phenoxy) is 5. The number of halogens is 1. The van der Waals surface area contributed by atoms with Gasteiger partial charge in [-0.15, -0.1) is 0 Å². The first kappa shape index (κ1) is 49.6. The monoisotopic (exact) mass is 850 g/mol. The number of piperidine rings is 1. The molecule has 1 amide bonds. The van der Waals surface area contributed by atoms with Crippen molar-refractivity contribution in [3.8, 4) is 0 Å². The number of hydrogen-bond donors (Lipinski definition) is 3. The van der Waals surface area contributed by atoms with Crippen LogP contribution in [0.2, 0.25) is 0 Å². The van der Waals surface area contributed by atoms with Crippen LogP contribution in [0.25, 0.3) is 0 Å². The largest absolute Gasteiger partial charge is 0.493 e. The molecule has 2 saturated heterocycles. The lowest BCUT2D eigenvalue weighted by molar-refractivity contribution is -0.302. The molecule has 4 aliphatic rings. The van der Waals surface area contributed by atoms with Gasteiger partial charge in [0.05, 0.1) is 30.2 Å². The van der Waals surface area contributed by atoms with Gasteiger partial charge in [0.15, 0.2) is 0 Å². The minimum atomic E-state index is -2.61. The number of rotatable bonds is 7. The topological polar surface area (TPSA) is 178 Å². The Morgan fingerprint density at radius 1 is 0.967 bits per heavy atom. The number of carbonyl (C=O) groups excluding carboxylic acids is 4. The number of allylic oxidation sites excluding steroid dienone is 5. The predicted molar refractivity (Wildman–Crippen MR) is 222 cm³/mol. The van der Waals surface area contributed by atoms with Crippen molar-refractivity contribution in [3.05, 3.63) is 35.1 Å². The highest BCUT2D eigenvalue weighted by Crippen LogP contribution is 2.39. The number of amides is 1. The Morgan fingerprint density at radius 2 is 1.63 bits per heavy atom. The standard InChI is InChI=1S/C46H72FNO12/c1-11-29(7)58-37-17-16-31(23-36(37)51)19-27(5)41-30(8)34(49)24-35(50)32(12-2)20-25(3)40(47)26(4)21-38(56-9)42-39(57-10)22-28(6)46(55,60-42)43(52)44(53)48-18-14-13-15-33(48)45(54)59-41/h11,19-20,26,28,30-34,36-42,49,51,55H,12-18,21-24H2,1-10H3. The normalized spacial score (nSPS) is 40.2. The van der Waals surface area contributed by atoms with Crippen molar-refractivity contribution in [3.63, 3.8) is 0 Å². The van der Waals surface area contributed by atoms with Gasteiger partial charge in [0.2, 0.25) is 5.79 Å². The molecule has 0 aromatic carbocycles. The molecule has 60 heavy (non-hydrogen) atoms. The molecule has 4 rings (SSSR count). The molecular formula is C46H72FNO12. The molecule has 14 heteroatoms. The molecule has 1 saturated carbocycles. The summed E-state index contributed by atoms with van der Waals surface area (Å²) in [5.41, 5.74) is 0.920. The molecule has 1 aliphatic carbocycles. The third-order valence-electron chi connectivity index (χ3n) is 13.5. The molecule has 0 aromatic heterocycles. The van der Waals surface area contributed by atoms with E-state index in [9.17, 15) is 34.5 Å². The number of Topliss-reactive ketones (excluding diaryl/α,β-unsaturated/α-hetero) is 2. The molecule has 0 radical (unpaired) electrons. The number of aliphatic hydroxyl groups is 3. The Labute approximate surface area is 356 Å². The van der Waals surface area contributed by atoms with Crippen LogP contribution in [0.15, 0.2) is 35.1 Å². The highest BCUT2D eigenvalue weighted by Gasteiger charge is 2.57. The lowest BCUT2D eigenvalue weighted by Crippen LogP contribution is -2.64. The first-order valence-corrected chi connectivity index (χ1v) is 22.0. The molecule has 13 nitrogen and oxygen atoms in total. The molecule has 3 aliphatic heterocycles. The van der Waals surface area contributed by atoms with Gasteiger partial charge in [-0.1, -0.05) is 39.8 Å². The van der Waals surface area contributed by atoms with E-state index >= 15 is 4.39 Å². The van der Waals surface area contributed by atoms with E-state index in [-0.39, 0.29) is 50.0 Å². The van der Waals surface area contributed by atoms with Gasteiger partial charge in [0, 0.05) is 44.9 Å². The number of cyclic esters (lactones) is 1. The summed E-state index contributed by atoms with van der Waals surface area (Å²) in [6.07, 6.45) is 0.971. The maximum atomic E-state index is 16.2. The van der Waals surface area contributed by atoms with Gasteiger partial charge in [-0.05, 0) is 115 Å². The average molecular weight is 850 g/mol. The summed E-state index contributed by atoms with van der Waals surface area (Å²) in [5, 5.41) is 34.7. The summed E-state index contributed by atoms with van der Waals surface area (Å²) in [4.78, 5) is 57.8. The minimum absolute atomic E-state index is 0.0435. The van der Waals surface area contributed by atoms with E-state index in [1.807, 2.05) is 32.9 Å². The highest BCUT2D eigenvalue weighted by atomic mass is 19.1. The number of fused-ring (bicyclic) bond motifs is 3. The maximum Gasteiger partial charge on any atom is 0.329 e. The van der Waals surface area contributed by atoms with Crippen molar-refractivity contribution in [1.82, 2.24) is 4.90 Å². The molecule has 0 spiro atoms. The molecule has 3 N–H and O–H groups in total. The van der Waals surface area contributed by atoms with E-state index in [1.165, 1.54) is 14.2 Å². The Bertz CT molecular complexity index is 1600. The lowest BCUT2D eigenvalue weighted by atomic mass is 9.81. The van der Waals surface area contributed by atoms with Crippen molar-refractivity contribution < 1.29 is 62.6 Å². The van der Waals surface area contributed by atoms with Crippen LogP contribution in [0.5, 0.6) is 0 Å². The molecule has 3 fully saturated rings. The Balaban J connectivity index is 1.76. The number of nitrogens with zero attached hydrogens (tertiary/aromatic N) is 1. The van der Waals surface area contributed by atoms with Gasteiger partial charge < -0.3 is 43.9 Å². The van der Waals surface area contributed by atoms with E-state index in [2.05, 4.69) is 0 Å². The molecule has 15 atom stereocenters. The van der Waals surface area contributed by atoms with E-state index < -0.39 is 96.0 Å². The smallest absolute Gasteiger partial charge is 0.329 e. The summed E-state index contributed by atoms with van der Waals surface area (Å²) in [7, 11) is 2.87. The quantitative estimate of drug-likeness (QED) is 0.123. The predicted octanol–water partition coefficient (Wildman–Crippen LogP) is 5.71. The molecule has 0 aromatic rings. The van der Waals surface area contributed by atoms with Crippen molar-refractivity contribution in [1.29, 1.82) is 0 Å². The van der Waals surface area contributed by atoms with Gasteiger partial charge in [0.1, 0.15) is 36.3 Å². The van der Waals surface area contributed by atoms with Crippen LogP contribution in [0.4, 0.5) is 4.39 Å². The van der Waals surface area contributed by atoms with E-state index in [0.717, 1.165) is 10.7 Å². The van der Waals surface area contributed by atoms with Crippen LogP contribution < -0.4 is 0 Å². The molecule has 15 unspecified atom stereocenters. The summed E-state index contributed by atoms with van der Waals surface area (Å²) in [6, 6.07) is -1.19. The Morgan fingerprint density at radius 3 is 2.25 bits per heavy atom. The second-order valence-electron chi connectivity index (χ2n) is 17.9. The number of esters is 1. The van der Waals surface area contributed by atoms with E-state index in [0.29, 0.717) is 49.7 Å². The number of alkyl halides is 1. The zero-order chi connectivity index (χ0) is 44.6. The lowest BCUT2D eigenvalue weighted by Gasteiger charge is -2.47. The number of ketones is 2. The second-order valence-corrected chi connectivity index (χ2v) is 17.9. The summed E-state index contributed by atoms with van der Waals surface area (Å²) >= 11 is 0. The van der Waals surface area contributed by atoms with Crippen molar-refractivity contribution in [2.24, 2.45) is 29.6 Å². The first-order chi connectivity index (χ1) is 28.3. The first-order valence-electron chi connectivity index (χ1n) is 22.0. The number of aliphatic hydroxyl groups excluding tert-OH is 2. The fourth-order valence-electron chi connectivity index (χ4n) is 9.49. The van der Waals surface area contributed by atoms with E-state index in [1.54, 1.807) is 40.7 Å². The SMILES string of the molecule is CC=C(C)OC1CCC(C=C(C)C2OC(=O)C3CCCCN3C(=O)C(=O)C3(O)OC(C(OC)CC(C)C(F)C(C)=CC(CC)C(=O)CC(O)C2C)C(OC)CC3C)CC1O. The fraction of sp³-hybridized carbons (Fsp3) is 0.783. The zero-order valence-electron chi connectivity index (χ0n) is 37.4. The van der Waals surface area contributed by atoms with Crippen LogP contribution in [0.1, 0.15) is 120 Å². The fourth-order valence-corrected chi connectivity index (χ4v) is 9.49. The van der Waals surface area contributed by atoms with Crippen LogP contribution >= 0.6 is 0 Å². The Hall–Kier alpha value is -3.01. The second kappa shape index (κ2) is 21.9. The van der Waals surface area contributed by atoms with Gasteiger partial charge in [-0.3, -0.25) is 14.4 Å². The summed E-state index contributed by atoms with van der Waals surface area (Å²) in [5.74, 6) is -8.53. The number of carbonyl (C=O) groups is 4.